The van der Waals surface area contributed by atoms with Gasteiger partial charge in [-0.15, -0.1) is 0 Å². The first kappa shape index (κ1) is 30.0. The summed E-state index contributed by atoms with van der Waals surface area (Å²) in [5.74, 6) is -2.96. The Morgan fingerprint density at radius 2 is 1.60 bits per heavy atom. The van der Waals surface area contributed by atoms with Gasteiger partial charge in [-0.3, -0.25) is 4.79 Å². The van der Waals surface area contributed by atoms with E-state index in [1.54, 1.807) is 23.1 Å². The van der Waals surface area contributed by atoms with Crippen molar-refractivity contribution in [3.8, 4) is 0 Å². The number of benzene rings is 3. The first-order chi connectivity index (χ1) is 20.0. The van der Waals surface area contributed by atoms with Gasteiger partial charge >= 0.3 is 12.1 Å². The quantitative estimate of drug-likeness (QED) is 0.124. The van der Waals surface area contributed by atoms with Crippen LogP contribution in [-0.2, 0) is 20.1 Å². The standard InChI is InChI=1S/C29H25F6IN4O2/c1-42-26(41)15-25-20-3-2-4-24(32)27(20)37-28(40(25)19-6-8-23(31)21(14-19)29(33,34)35)39-11-9-38(10-12-39)18-5-7-22(30)17(13-18)16-36/h2-8,13-14,25H,9-12,15-16H2,1H3. The van der Waals surface area contributed by atoms with Crippen LogP contribution in [0.15, 0.2) is 59.6 Å². The lowest BCUT2D eigenvalue weighted by atomic mass is 9.96. The SMILES string of the molecule is COC(=O)CC1c2cccc(F)c2N=C(N2CCN(c3ccc(F)c(CI)c3)CC2)N1c1ccc(F)c(C(F)(F)F)c1. The molecule has 3 aromatic carbocycles. The number of fused-ring (bicyclic) bond motifs is 1. The lowest BCUT2D eigenvalue weighted by molar-refractivity contribution is -0.141. The summed E-state index contributed by atoms with van der Waals surface area (Å²) in [7, 11) is 1.18. The number of ether oxygens (including phenoxy) is 1. The minimum Gasteiger partial charge on any atom is -0.469 e. The van der Waals surface area contributed by atoms with Gasteiger partial charge in [-0.25, -0.2) is 18.2 Å². The van der Waals surface area contributed by atoms with Gasteiger partial charge in [-0.05, 0) is 48.0 Å². The number of rotatable bonds is 5. The maximum atomic E-state index is 15.1. The summed E-state index contributed by atoms with van der Waals surface area (Å²) in [6, 6.07) is 10.6. The molecule has 1 fully saturated rings. The number of aliphatic imine (C=N–C) groups is 1. The molecule has 13 heteroatoms. The minimum absolute atomic E-state index is 0.0385. The molecule has 42 heavy (non-hydrogen) atoms. The predicted octanol–water partition coefficient (Wildman–Crippen LogP) is 6.99. The van der Waals surface area contributed by atoms with E-state index in [9.17, 15) is 26.7 Å². The van der Waals surface area contributed by atoms with E-state index in [4.69, 9.17) is 4.74 Å². The average molecular weight is 702 g/mol. The molecular weight excluding hydrogens is 677 g/mol. The van der Waals surface area contributed by atoms with Gasteiger partial charge in [0.15, 0.2) is 0 Å². The van der Waals surface area contributed by atoms with Crippen LogP contribution < -0.4 is 9.80 Å². The highest BCUT2D eigenvalue weighted by atomic mass is 127. The number of nitrogens with zero attached hydrogens (tertiary/aromatic N) is 4. The summed E-state index contributed by atoms with van der Waals surface area (Å²) in [5.41, 5.74) is 0.0699. The Bertz CT molecular complexity index is 1520. The Balaban J connectivity index is 1.57. The second kappa shape index (κ2) is 12.0. The largest absolute Gasteiger partial charge is 0.469 e. The molecule has 2 aliphatic rings. The van der Waals surface area contributed by atoms with Crippen molar-refractivity contribution in [3.05, 3.63) is 88.7 Å². The van der Waals surface area contributed by atoms with Crippen molar-refractivity contribution >= 4 is 51.6 Å². The summed E-state index contributed by atoms with van der Waals surface area (Å²) >= 11 is 2.09. The number of hydrogen-bond donors (Lipinski definition) is 0. The topological polar surface area (TPSA) is 48.4 Å². The van der Waals surface area contributed by atoms with E-state index in [1.807, 2.05) is 4.90 Å². The maximum Gasteiger partial charge on any atom is 0.419 e. The van der Waals surface area contributed by atoms with Crippen molar-refractivity contribution < 1.29 is 35.9 Å². The Labute approximate surface area is 251 Å². The van der Waals surface area contributed by atoms with Crippen LogP contribution in [0, 0.1) is 17.5 Å². The fraction of sp³-hybridized carbons (Fsp3) is 0.310. The Hall–Kier alpha value is -3.49. The van der Waals surface area contributed by atoms with Gasteiger partial charge in [0.1, 0.15) is 23.1 Å². The third-order valence-corrected chi connectivity index (χ3v) is 8.16. The van der Waals surface area contributed by atoms with Crippen molar-refractivity contribution in [2.45, 2.75) is 23.1 Å². The third kappa shape index (κ3) is 5.88. The molecule has 5 rings (SSSR count). The number of anilines is 2. The molecule has 0 aliphatic carbocycles. The number of guanidine groups is 1. The lowest BCUT2D eigenvalue weighted by Crippen LogP contribution is -2.55. The van der Waals surface area contributed by atoms with Crippen LogP contribution in [0.2, 0.25) is 0 Å². The zero-order chi connectivity index (χ0) is 30.2. The number of para-hydroxylation sites is 1. The predicted molar refractivity (Wildman–Crippen MR) is 155 cm³/mol. The second-order valence-corrected chi connectivity index (χ2v) is 10.6. The van der Waals surface area contributed by atoms with E-state index in [2.05, 4.69) is 27.6 Å². The van der Waals surface area contributed by atoms with Gasteiger partial charge in [0.05, 0.1) is 25.1 Å². The molecule has 1 unspecified atom stereocenters. The number of carbonyl (C=O) groups excluding carboxylic acids is 1. The van der Waals surface area contributed by atoms with Crippen LogP contribution in [0.25, 0.3) is 0 Å². The van der Waals surface area contributed by atoms with E-state index in [1.165, 1.54) is 36.3 Å². The Kier molecular flexibility index (Phi) is 8.58. The monoisotopic (exact) mass is 702 g/mol. The Morgan fingerprint density at radius 3 is 2.26 bits per heavy atom. The molecule has 0 amide bonds. The van der Waals surface area contributed by atoms with Crippen molar-refractivity contribution in [2.24, 2.45) is 4.99 Å². The fourth-order valence-corrected chi connectivity index (χ4v) is 5.80. The molecule has 0 N–H and O–H groups in total. The zero-order valence-electron chi connectivity index (χ0n) is 22.3. The number of methoxy groups -OCH3 is 1. The molecule has 1 saturated heterocycles. The molecule has 2 heterocycles. The molecule has 0 spiro atoms. The second-order valence-electron chi connectivity index (χ2n) is 9.80. The van der Waals surface area contributed by atoms with Crippen LogP contribution >= 0.6 is 22.6 Å². The van der Waals surface area contributed by atoms with Gasteiger partial charge in [0.25, 0.3) is 0 Å². The van der Waals surface area contributed by atoms with E-state index < -0.39 is 35.4 Å². The molecule has 2 aliphatic heterocycles. The Morgan fingerprint density at radius 1 is 0.929 bits per heavy atom. The molecule has 1 atom stereocenters. The van der Waals surface area contributed by atoms with Crippen LogP contribution in [0.4, 0.5) is 43.4 Å². The van der Waals surface area contributed by atoms with E-state index >= 15 is 4.39 Å². The highest BCUT2D eigenvalue weighted by Crippen LogP contribution is 2.43. The molecule has 6 nitrogen and oxygen atoms in total. The van der Waals surface area contributed by atoms with Crippen molar-refractivity contribution in [3.63, 3.8) is 0 Å². The minimum atomic E-state index is -4.98. The first-order valence-corrected chi connectivity index (χ1v) is 14.5. The number of piperazine rings is 1. The van der Waals surface area contributed by atoms with Gasteiger partial charge in [-0.1, -0.05) is 34.7 Å². The molecule has 0 bridgehead atoms. The molecule has 222 valence electrons. The van der Waals surface area contributed by atoms with Crippen LogP contribution in [0.5, 0.6) is 0 Å². The summed E-state index contributed by atoms with van der Waals surface area (Å²) in [6.07, 6.45) is -5.31. The van der Waals surface area contributed by atoms with Gasteiger partial charge in [-0.2, -0.15) is 13.2 Å². The van der Waals surface area contributed by atoms with E-state index in [0.717, 1.165) is 5.69 Å². The molecule has 0 aromatic heterocycles. The van der Waals surface area contributed by atoms with Crippen molar-refractivity contribution in [2.75, 3.05) is 43.1 Å². The number of esters is 1. The van der Waals surface area contributed by atoms with Crippen molar-refractivity contribution in [1.29, 1.82) is 0 Å². The average Bonchev–Trinajstić information content (AvgIpc) is 2.97. The van der Waals surface area contributed by atoms with Gasteiger partial charge < -0.3 is 19.4 Å². The van der Waals surface area contributed by atoms with E-state index in [0.29, 0.717) is 48.3 Å². The molecule has 0 radical (unpaired) electrons. The highest BCUT2D eigenvalue weighted by molar-refractivity contribution is 14.1. The first-order valence-electron chi connectivity index (χ1n) is 13.0. The smallest absolute Gasteiger partial charge is 0.419 e. The number of carbonyl (C=O) groups is 1. The van der Waals surface area contributed by atoms with Gasteiger partial charge in [0.2, 0.25) is 5.96 Å². The van der Waals surface area contributed by atoms with Crippen LogP contribution in [-0.4, -0.2) is 50.1 Å². The summed E-state index contributed by atoms with van der Waals surface area (Å²) in [4.78, 5) is 22.3. The highest BCUT2D eigenvalue weighted by Gasteiger charge is 2.40. The van der Waals surface area contributed by atoms with Gasteiger partial charge in [0, 0.05) is 47.5 Å². The maximum absolute atomic E-state index is 15.1. The summed E-state index contributed by atoms with van der Waals surface area (Å²) < 4.78 is 90.0. The number of alkyl halides is 4. The number of hydrogen-bond acceptors (Lipinski definition) is 6. The van der Waals surface area contributed by atoms with E-state index in [-0.39, 0.29) is 35.1 Å². The molecule has 0 saturated carbocycles. The third-order valence-electron chi connectivity index (χ3n) is 7.34. The number of halogens is 7. The summed E-state index contributed by atoms with van der Waals surface area (Å²) in [6.45, 7) is 1.55. The molecule has 3 aromatic rings. The normalized spacial score (nSPS) is 17.2. The zero-order valence-corrected chi connectivity index (χ0v) is 24.4. The van der Waals surface area contributed by atoms with Crippen LogP contribution in [0.3, 0.4) is 0 Å². The fourth-order valence-electron chi connectivity index (χ4n) is 5.22. The summed E-state index contributed by atoms with van der Waals surface area (Å²) in [5, 5.41) is 0. The van der Waals surface area contributed by atoms with Crippen molar-refractivity contribution in [1.82, 2.24) is 4.90 Å². The lowest BCUT2D eigenvalue weighted by Gasteiger charge is -2.45. The molecular formula is C29H25F6IN4O2. The van der Waals surface area contributed by atoms with Crippen LogP contribution in [0.1, 0.15) is 29.2 Å².